The maximum absolute atomic E-state index is 14.6. The number of halogens is 2. The molecule has 1 unspecified atom stereocenters. The third-order valence-electron chi connectivity index (χ3n) is 5.15. The van der Waals surface area contributed by atoms with E-state index in [0.717, 1.165) is 43.2 Å². The number of carbonyl (C=O) groups is 2. The van der Waals surface area contributed by atoms with E-state index in [1.165, 1.54) is 24.3 Å². The Labute approximate surface area is 182 Å². The van der Waals surface area contributed by atoms with Crippen LogP contribution in [0.25, 0.3) is 21.0 Å². The maximum atomic E-state index is 14.6. The van der Waals surface area contributed by atoms with Gasteiger partial charge in [0, 0.05) is 17.2 Å². The number of benzene rings is 2. The first-order chi connectivity index (χ1) is 14.9. The van der Waals surface area contributed by atoms with Crippen LogP contribution in [-0.2, 0) is 0 Å². The van der Waals surface area contributed by atoms with Crippen LogP contribution in [0, 0.1) is 18.1 Å². The number of nitrogens with two attached hydrogens (primary N) is 1. The lowest BCUT2D eigenvalue weighted by atomic mass is 9.98. The number of nitrogens with one attached hydrogen (secondary N) is 1. The summed E-state index contributed by atoms with van der Waals surface area (Å²) in [5.41, 5.74) is 6.32. The lowest BCUT2D eigenvalue weighted by Gasteiger charge is -2.22. The van der Waals surface area contributed by atoms with Gasteiger partial charge in [-0.3, -0.25) is 9.59 Å². The van der Waals surface area contributed by atoms with Gasteiger partial charge in [0.25, 0.3) is 0 Å². The summed E-state index contributed by atoms with van der Waals surface area (Å²) in [5, 5.41) is 3.54. The quantitative estimate of drug-likeness (QED) is 0.557. The van der Waals surface area contributed by atoms with Gasteiger partial charge in [-0.15, -0.1) is 11.3 Å². The molecule has 1 atom stereocenters. The van der Waals surface area contributed by atoms with Crippen LogP contribution in [0.15, 0.2) is 42.5 Å². The van der Waals surface area contributed by atoms with Gasteiger partial charge < -0.3 is 11.1 Å². The zero-order valence-electron chi connectivity index (χ0n) is 16.5. The van der Waals surface area contributed by atoms with Crippen LogP contribution in [0.5, 0.6) is 0 Å². The third kappa shape index (κ3) is 4.70. The first kappa shape index (κ1) is 21.3. The zero-order valence-corrected chi connectivity index (χ0v) is 17.3. The number of Topliss-reactive ketones (excluding diaryl/α,β-unsaturated/α-hetero) is 1. The van der Waals surface area contributed by atoms with Crippen molar-refractivity contribution in [3.05, 3.63) is 71.8 Å². The molecule has 4 rings (SSSR count). The SMILES string of the molecule is NC(=O)c1ccc(F)c(-c2nc(C(=O)[CH]C3CCCCN3)c(-c3ccc(F)cc3)s2)c1. The van der Waals surface area contributed by atoms with Crippen LogP contribution in [0.3, 0.4) is 0 Å². The van der Waals surface area contributed by atoms with Crippen molar-refractivity contribution in [2.24, 2.45) is 5.73 Å². The van der Waals surface area contributed by atoms with E-state index in [4.69, 9.17) is 5.73 Å². The van der Waals surface area contributed by atoms with Gasteiger partial charge in [0.2, 0.25) is 5.91 Å². The number of piperidine rings is 1. The number of nitrogens with zero attached hydrogens (tertiary/aromatic N) is 1. The van der Waals surface area contributed by atoms with Crippen molar-refractivity contribution < 1.29 is 18.4 Å². The minimum atomic E-state index is -0.690. The first-order valence-electron chi connectivity index (χ1n) is 9.91. The molecule has 1 aromatic heterocycles. The lowest BCUT2D eigenvalue weighted by Crippen LogP contribution is -2.36. The molecule has 31 heavy (non-hydrogen) atoms. The number of hydrogen-bond acceptors (Lipinski definition) is 5. The van der Waals surface area contributed by atoms with E-state index in [1.54, 1.807) is 18.6 Å². The number of hydrogen-bond donors (Lipinski definition) is 2. The van der Waals surface area contributed by atoms with Gasteiger partial charge in [-0.25, -0.2) is 13.8 Å². The number of thiazole rings is 1. The molecule has 8 heteroatoms. The highest BCUT2D eigenvalue weighted by Crippen LogP contribution is 2.37. The average molecular weight is 440 g/mol. The first-order valence-corrected chi connectivity index (χ1v) is 10.7. The number of amides is 1. The standard InChI is InChI=1S/C23H20F2N3O2S/c24-15-7-4-13(5-8-15)21-20(19(29)12-16-3-1-2-10-27-16)28-23(31-21)17-11-14(22(26)30)6-9-18(17)25/h4-9,11-12,16,27H,1-3,10H2,(H2,26,30). The van der Waals surface area contributed by atoms with E-state index in [1.807, 2.05) is 0 Å². The highest BCUT2D eigenvalue weighted by atomic mass is 32.1. The van der Waals surface area contributed by atoms with Crippen molar-refractivity contribution in [3.63, 3.8) is 0 Å². The fourth-order valence-electron chi connectivity index (χ4n) is 3.52. The summed E-state index contributed by atoms with van der Waals surface area (Å²) >= 11 is 1.11. The zero-order chi connectivity index (χ0) is 22.0. The van der Waals surface area contributed by atoms with Gasteiger partial charge in [0.15, 0.2) is 5.78 Å². The van der Waals surface area contributed by atoms with E-state index >= 15 is 0 Å². The monoisotopic (exact) mass is 440 g/mol. The summed E-state index contributed by atoms with van der Waals surface area (Å²) < 4.78 is 28.0. The summed E-state index contributed by atoms with van der Waals surface area (Å²) in [7, 11) is 0. The van der Waals surface area contributed by atoms with Crippen molar-refractivity contribution >= 4 is 23.0 Å². The molecule has 0 aliphatic carbocycles. The molecule has 3 N–H and O–H groups in total. The number of rotatable bonds is 6. The molecule has 1 aliphatic rings. The highest BCUT2D eigenvalue weighted by Gasteiger charge is 2.25. The Hall–Kier alpha value is -2.97. The smallest absolute Gasteiger partial charge is 0.248 e. The van der Waals surface area contributed by atoms with Gasteiger partial charge in [0.05, 0.1) is 11.3 Å². The van der Waals surface area contributed by atoms with Crippen molar-refractivity contribution in [1.29, 1.82) is 0 Å². The van der Waals surface area contributed by atoms with E-state index in [-0.39, 0.29) is 33.7 Å². The molecule has 1 radical (unpaired) electrons. The van der Waals surface area contributed by atoms with Crippen molar-refractivity contribution in [1.82, 2.24) is 10.3 Å². The number of primary amides is 1. The fourth-order valence-corrected chi connectivity index (χ4v) is 4.62. The Bertz CT molecular complexity index is 1120. The molecule has 0 spiro atoms. The Morgan fingerprint density at radius 1 is 1.13 bits per heavy atom. The van der Waals surface area contributed by atoms with Crippen LogP contribution in [0.1, 0.15) is 40.1 Å². The lowest BCUT2D eigenvalue weighted by molar-refractivity contribution is 0.0995. The van der Waals surface area contributed by atoms with E-state index in [9.17, 15) is 18.4 Å². The average Bonchev–Trinajstić information content (AvgIpc) is 3.20. The van der Waals surface area contributed by atoms with Crippen molar-refractivity contribution in [2.75, 3.05) is 6.54 Å². The van der Waals surface area contributed by atoms with Crippen LogP contribution in [-0.4, -0.2) is 29.3 Å². The number of carbonyl (C=O) groups excluding carboxylic acids is 2. The Kier molecular flexibility index (Phi) is 6.20. The predicted octanol–water partition coefficient (Wildman–Crippen LogP) is 4.38. The summed E-state index contributed by atoms with van der Waals surface area (Å²) in [6, 6.07) is 9.41. The molecule has 1 amide bonds. The number of aromatic nitrogens is 1. The van der Waals surface area contributed by atoms with Crippen molar-refractivity contribution in [2.45, 2.75) is 25.3 Å². The summed E-state index contributed by atoms with van der Waals surface area (Å²) in [6.07, 6.45) is 4.54. The van der Waals surface area contributed by atoms with Crippen molar-refractivity contribution in [3.8, 4) is 21.0 Å². The summed E-state index contributed by atoms with van der Waals surface area (Å²) in [4.78, 5) is 29.6. The molecule has 1 fully saturated rings. The second kappa shape index (κ2) is 9.03. The van der Waals surface area contributed by atoms with Gasteiger partial charge in [-0.05, 0) is 55.3 Å². The summed E-state index contributed by atoms with van der Waals surface area (Å²) in [6.45, 7) is 0.840. The second-order valence-electron chi connectivity index (χ2n) is 7.35. The molecule has 0 saturated carbocycles. The van der Waals surface area contributed by atoms with Crippen LogP contribution < -0.4 is 11.1 Å². The minimum Gasteiger partial charge on any atom is -0.366 e. The van der Waals surface area contributed by atoms with E-state index in [0.29, 0.717) is 10.4 Å². The van der Waals surface area contributed by atoms with Gasteiger partial charge in [-0.1, -0.05) is 18.6 Å². The Morgan fingerprint density at radius 2 is 1.90 bits per heavy atom. The Balaban J connectivity index is 1.77. The molecule has 5 nitrogen and oxygen atoms in total. The molecule has 1 saturated heterocycles. The minimum absolute atomic E-state index is 0.0533. The topological polar surface area (TPSA) is 85.1 Å². The predicted molar refractivity (Wildman–Crippen MR) is 116 cm³/mol. The normalized spacial score (nSPS) is 16.3. The van der Waals surface area contributed by atoms with Gasteiger partial charge in [-0.2, -0.15) is 0 Å². The Morgan fingerprint density at radius 3 is 2.58 bits per heavy atom. The van der Waals surface area contributed by atoms with Crippen LogP contribution in [0.4, 0.5) is 8.78 Å². The molecule has 1 aliphatic heterocycles. The second-order valence-corrected chi connectivity index (χ2v) is 8.35. The van der Waals surface area contributed by atoms with Gasteiger partial charge >= 0.3 is 0 Å². The molecular weight excluding hydrogens is 420 g/mol. The molecule has 2 aromatic carbocycles. The highest BCUT2D eigenvalue weighted by molar-refractivity contribution is 7.18. The van der Waals surface area contributed by atoms with E-state index < -0.39 is 17.5 Å². The number of ketones is 1. The van der Waals surface area contributed by atoms with E-state index in [2.05, 4.69) is 10.3 Å². The molecule has 159 valence electrons. The molecular formula is C23H20F2N3O2S. The largest absolute Gasteiger partial charge is 0.366 e. The molecule has 0 bridgehead atoms. The van der Waals surface area contributed by atoms with Crippen LogP contribution in [0.2, 0.25) is 0 Å². The van der Waals surface area contributed by atoms with Crippen LogP contribution >= 0.6 is 11.3 Å². The maximum Gasteiger partial charge on any atom is 0.248 e. The fraction of sp³-hybridized carbons (Fsp3) is 0.217. The summed E-state index contributed by atoms with van der Waals surface area (Å²) in [5.74, 6) is -1.96. The molecule has 3 aromatic rings. The molecule has 2 heterocycles. The third-order valence-corrected chi connectivity index (χ3v) is 6.29. The van der Waals surface area contributed by atoms with Gasteiger partial charge in [0.1, 0.15) is 22.3 Å².